The van der Waals surface area contributed by atoms with Gasteiger partial charge in [0.25, 0.3) is 0 Å². The largest absolute Gasteiger partial charge is 0.207 e. The van der Waals surface area contributed by atoms with Crippen LogP contribution in [0.5, 0.6) is 0 Å². The molecule has 3 aliphatic rings. The van der Waals surface area contributed by atoms with Crippen molar-refractivity contribution in [2.45, 2.75) is 153 Å². The van der Waals surface area contributed by atoms with E-state index in [1.807, 2.05) is 13.8 Å². The molecule has 15 heteroatoms. The van der Waals surface area contributed by atoms with Gasteiger partial charge in [0.1, 0.15) is 17.5 Å². The molecule has 9 rings (SSSR count). The molecule has 0 N–H and O–H groups in total. The number of unbranched alkanes of at least 4 members (excludes halogenated alkanes) is 1. The Morgan fingerprint density at radius 1 is 0.524 bits per heavy atom. The molecule has 6 nitrogen and oxygen atoms in total. The number of rotatable bonds is 18. The molecule has 3 aromatic carbocycles. The van der Waals surface area contributed by atoms with E-state index in [0.29, 0.717) is 49.5 Å². The van der Waals surface area contributed by atoms with E-state index < -0.39 is 0 Å². The van der Waals surface area contributed by atoms with Gasteiger partial charge in [-0.05, 0) is 172 Å². The Hall–Kier alpha value is -3.00. The minimum Gasteiger partial charge on any atom is -0.207 e. The molecule has 63 heavy (non-hydrogen) atoms. The summed E-state index contributed by atoms with van der Waals surface area (Å²) in [5.74, 6) is 1.61. The van der Waals surface area contributed by atoms with Crippen molar-refractivity contribution >= 4 is 69.4 Å². The summed E-state index contributed by atoms with van der Waals surface area (Å²) in [4.78, 5) is 3.79. The van der Waals surface area contributed by atoms with Gasteiger partial charge in [0.2, 0.25) is 0 Å². The van der Waals surface area contributed by atoms with Gasteiger partial charge in [-0.1, -0.05) is 100 Å². The van der Waals surface area contributed by atoms with Crippen LogP contribution < -0.4 is 0 Å². The van der Waals surface area contributed by atoms with Crippen molar-refractivity contribution in [2.75, 3.05) is 0 Å². The zero-order valence-electron chi connectivity index (χ0n) is 35.9. The van der Waals surface area contributed by atoms with E-state index in [4.69, 9.17) is 34.8 Å². The number of nitrogens with zero attached hydrogens (tertiary/aromatic N) is 6. The van der Waals surface area contributed by atoms with Gasteiger partial charge in [0.05, 0.1) is 17.1 Å². The molecular weight excluding hydrogens is 920 g/mol. The summed E-state index contributed by atoms with van der Waals surface area (Å²) in [6, 6.07) is 14.7. The van der Waals surface area contributed by atoms with Gasteiger partial charge in [-0.3, -0.25) is 0 Å². The Kier molecular flexibility index (Phi) is 17.5. The predicted molar refractivity (Wildman–Crippen MR) is 254 cm³/mol. The van der Waals surface area contributed by atoms with E-state index in [0.717, 1.165) is 57.8 Å². The second kappa shape index (κ2) is 22.9. The molecule has 0 aliphatic heterocycles. The lowest BCUT2D eigenvalue weighted by Crippen LogP contribution is -2.05. The first-order chi connectivity index (χ1) is 30.5. The molecule has 0 saturated heterocycles. The Morgan fingerprint density at radius 2 is 0.873 bits per heavy atom. The third-order valence-electron chi connectivity index (χ3n) is 12.3. The first-order valence-electron chi connectivity index (χ1n) is 22.3. The van der Waals surface area contributed by atoms with E-state index in [-0.39, 0.29) is 35.2 Å². The second-order valence-corrected chi connectivity index (χ2v) is 21.0. The fourth-order valence-corrected chi connectivity index (χ4v) is 11.4. The highest BCUT2D eigenvalue weighted by Gasteiger charge is 2.32. The summed E-state index contributed by atoms with van der Waals surface area (Å²) in [6.07, 6.45) is 15.9. The lowest BCUT2D eigenvalue weighted by molar-refractivity contribution is 0.512. The van der Waals surface area contributed by atoms with Crippen molar-refractivity contribution in [1.29, 1.82) is 0 Å². The Labute approximate surface area is 396 Å². The summed E-state index contributed by atoms with van der Waals surface area (Å²) in [7, 11) is 0. The van der Waals surface area contributed by atoms with Gasteiger partial charge in [0.15, 0.2) is 0 Å². The molecule has 3 fully saturated rings. The topological polar surface area (TPSA) is 77.3 Å². The van der Waals surface area contributed by atoms with Crippen LogP contribution in [0, 0.1) is 17.5 Å². The van der Waals surface area contributed by atoms with Crippen LogP contribution in [-0.2, 0) is 19.3 Å². The molecule has 3 aromatic heterocycles. The maximum atomic E-state index is 14.3. The Morgan fingerprint density at radius 3 is 1.21 bits per heavy atom. The zero-order valence-corrected chi connectivity index (χ0v) is 40.7. The van der Waals surface area contributed by atoms with Gasteiger partial charge in [-0.25, -0.2) is 13.2 Å². The number of aryl methyl sites for hydroxylation is 3. The average Bonchev–Trinajstić information content (AvgIpc) is 4.24. The van der Waals surface area contributed by atoms with Crippen molar-refractivity contribution in [1.82, 2.24) is 28.8 Å². The maximum Gasteiger partial charge on any atom is 0.128 e. The third-order valence-corrected chi connectivity index (χ3v) is 15.7. The fraction of sp³-hybridized carbons (Fsp3) is 0.500. The first-order valence-corrected chi connectivity index (χ1v) is 25.7. The third kappa shape index (κ3) is 13.1. The van der Waals surface area contributed by atoms with Gasteiger partial charge in [0, 0.05) is 64.1 Å². The predicted octanol–water partition coefficient (Wildman–Crippen LogP) is 16.0. The molecule has 1 unspecified atom stereocenters. The summed E-state index contributed by atoms with van der Waals surface area (Å²) < 4.78 is 54.3. The van der Waals surface area contributed by atoms with E-state index in [1.54, 1.807) is 36.4 Å². The average molecular weight is 975 g/mol. The molecule has 0 spiro atoms. The quantitative estimate of drug-likeness (QED) is 0.0854. The van der Waals surface area contributed by atoms with Crippen LogP contribution in [-0.4, -0.2) is 28.8 Å². The minimum absolute atomic E-state index is 0.0952. The van der Waals surface area contributed by atoms with E-state index in [9.17, 15) is 13.2 Å². The summed E-state index contributed by atoms with van der Waals surface area (Å²) in [6.45, 7) is 6.21. The van der Waals surface area contributed by atoms with Gasteiger partial charge in [-0.15, -0.1) is 15.3 Å². The zero-order chi connectivity index (χ0) is 44.5. The second-order valence-electron chi connectivity index (χ2n) is 17.2. The number of hydrogen-bond acceptors (Lipinski definition) is 9. The normalized spacial score (nSPS) is 16.1. The Bertz CT molecular complexity index is 2230. The van der Waals surface area contributed by atoms with Crippen LogP contribution in [0.2, 0.25) is 15.1 Å². The van der Waals surface area contributed by atoms with Crippen LogP contribution in [0.15, 0.2) is 54.6 Å². The lowest BCUT2D eigenvalue weighted by atomic mass is 9.88. The lowest BCUT2D eigenvalue weighted by Gasteiger charge is -2.19. The minimum atomic E-state index is -0.213. The van der Waals surface area contributed by atoms with Crippen molar-refractivity contribution in [2.24, 2.45) is 0 Å². The molecule has 3 atom stereocenters. The molecule has 3 heterocycles. The van der Waals surface area contributed by atoms with Gasteiger partial charge < -0.3 is 0 Å². The molecule has 3 aliphatic carbocycles. The standard InChI is InChI=1S/C18H22ClFN2S.2C15H16ClFN2S/c1-2-3-5-12(17-14(19)6-4-7-15(17)20)10-11-16-18(13-8-9-13)21-22-23-16;2*1-9(14-11(16)3-2-4-12(14)17)5-8-13-15(10-6-7-10)18-19-20-13/h4,6-7,12-13H,2-3,5,8-11H2,1H3;2*2-4,9-10H,5-8H2,1H3/t;2*9-/m.10/s1. The van der Waals surface area contributed by atoms with Crippen LogP contribution in [0.1, 0.15) is 182 Å². The molecule has 3 saturated carbocycles. The molecule has 0 radical (unpaired) electrons. The summed E-state index contributed by atoms with van der Waals surface area (Å²) in [5.41, 5.74) is 5.46. The number of hydrogen-bond donors (Lipinski definition) is 0. The highest BCUT2D eigenvalue weighted by molar-refractivity contribution is 7.06. The summed E-state index contributed by atoms with van der Waals surface area (Å²) >= 11 is 23.0. The van der Waals surface area contributed by atoms with Crippen LogP contribution in [0.25, 0.3) is 0 Å². The smallest absolute Gasteiger partial charge is 0.128 e. The SMILES string of the molecule is CCCCC(CCc1snnc1C1CC1)c1c(F)cccc1Cl.C[C@@H](CCc1snnc1C1CC1)c1c(F)cccc1Cl.C[C@H](CCc1snnc1C1CC1)c1c(F)cccc1Cl. The highest BCUT2D eigenvalue weighted by Crippen LogP contribution is 2.44. The fourth-order valence-electron chi connectivity index (χ4n) is 8.20. The molecule has 6 aromatic rings. The van der Waals surface area contributed by atoms with Crippen molar-refractivity contribution in [3.63, 3.8) is 0 Å². The Balaban J connectivity index is 0.000000142. The molecular formula is C48H54Cl3F3N6S3. The monoisotopic (exact) mass is 972 g/mol. The maximum absolute atomic E-state index is 14.3. The van der Waals surface area contributed by atoms with Crippen LogP contribution >= 0.6 is 69.4 Å². The van der Waals surface area contributed by atoms with Crippen molar-refractivity contribution < 1.29 is 13.2 Å². The molecule has 336 valence electrons. The van der Waals surface area contributed by atoms with Crippen LogP contribution in [0.4, 0.5) is 13.2 Å². The van der Waals surface area contributed by atoms with Crippen molar-refractivity contribution in [3.8, 4) is 0 Å². The summed E-state index contributed by atoms with van der Waals surface area (Å²) in [5, 5.41) is 14.3. The number of benzene rings is 3. The number of halogens is 6. The highest BCUT2D eigenvalue weighted by atomic mass is 35.5. The van der Waals surface area contributed by atoms with Gasteiger partial charge in [-0.2, -0.15) is 0 Å². The van der Waals surface area contributed by atoms with E-state index in [2.05, 4.69) is 35.7 Å². The molecule has 0 bridgehead atoms. The number of aromatic nitrogens is 6. The van der Waals surface area contributed by atoms with E-state index in [1.165, 1.54) is 123 Å². The molecule has 0 amide bonds. The van der Waals surface area contributed by atoms with Crippen LogP contribution in [0.3, 0.4) is 0 Å². The van der Waals surface area contributed by atoms with E-state index >= 15 is 0 Å². The van der Waals surface area contributed by atoms with Gasteiger partial charge >= 0.3 is 0 Å². The first kappa shape index (κ1) is 47.9. The van der Waals surface area contributed by atoms with Crippen molar-refractivity contribution in [3.05, 3.63) is 136 Å².